The molecule has 0 aromatic heterocycles. The number of carbonyl (C=O) groups is 2. The third-order valence-electron chi connectivity index (χ3n) is 7.70. The normalized spacial score (nSPS) is 13.6. The van der Waals surface area contributed by atoms with E-state index < -0.39 is 30.1 Å². The van der Waals surface area contributed by atoms with E-state index in [4.69, 9.17) is 5.11 Å². The molecule has 44 heavy (non-hydrogen) atoms. The van der Waals surface area contributed by atoms with Crippen LogP contribution in [0.3, 0.4) is 0 Å². The molecule has 0 aliphatic heterocycles. The van der Waals surface area contributed by atoms with Crippen molar-refractivity contribution in [1.82, 2.24) is 10.6 Å². The van der Waals surface area contributed by atoms with E-state index in [1.165, 1.54) is 5.56 Å². The molecule has 8 nitrogen and oxygen atoms in total. The number of nitrogens with one attached hydrogen (secondary N) is 2. The first-order valence-electron chi connectivity index (χ1n) is 15.6. The Bertz CT molecular complexity index is 1270. The molecule has 1 amide bonds. The number of aryl methyl sites for hydroxylation is 3. The highest BCUT2D eigenvalue weighted by atomic mass is 16.4. The number of amides is 1. The van der Waals surface area contributed by atoms with E-state index in [0.717, 1.165) is 42.4 Å². The molecule has 0 radical (unpaired) electrons. The van der Waals surface area contributed by atoms with Gasteiger partial charge >= 0.3 is 5.97 Å². The first-order valence-corrected chi connectivity index (χ1v) is 15.6. The largest absolute Gasteiger partial charge is 0.508 e. The van der Waals surface area contributed by atoms with Crippen LogP contribution in [0.15, 0.2) is 72.8 Å². The fraction of sp³-hybridized carbons (Fsp3) is 0.444. The predicted octanol–water partition coefficient (Wildman–Crippen LogP) is 5.86. The van der Waals surface area contributed by atoms with Crippen LogP contribution in [0.4, 0.5) is 0 Å². The Morgan fingerprint density at radius 2 is 1.55 bits per heavy atom. The summed E-state index contributed by atoms with van der Waals surface area (Å²) in [6.45, 7) is 8.26. The maximum atomic E-state index is 12.8. The van der Waals surface area contributed by atoms with Crippen LogP contribution < -0.4 is 10.6 Å². The molecule has 4 atom stereocenters. The molecule has 0 fully saturated rings. The molecule has 0 spiro atoms. The summed E-state index contributed by atoms with van der Waals surface area (Å²) < 4.78 is 0. The number of hydrogen-bond donors (Lipinski definition) is 6. The summed E-state index contributed by atoms with van der Waals surface area (Å²) in [5.74, 6) is -0.718. The maximum Gasteiger partial charge on any atom is 0.305 e. The van der Waals surface area contributed by atoms with Gasteiger partial charge in [0.1, 0.15) is 11.5 Å². The van der Waals surface area contributed by atoms with Crippen molar-refractivity contribution in [2.75, 3.05) is 6.54 Å². The van der Waals surface area contributed by atoms with Crippen molar-refractivity contribution in [2.24, 2.45) is 0 Å². The molecule has 0 heterocycles. The first kappa shape index (κ1) is 36.3. The highest BCUT2D eigenvalue weighted by molar-refractivity contribution is 5.86. The Morgan fingerprint density at radius 1 is 0.886 bits per heavy atom. The third-order valence-corrected chi connectivity index (χ3v) is 7.70. The average Bonchev–Trinajstić information content (AvgIpc) is 3.00. The van der Waals surface area contributed by atoms with Crippen molar-refractivity contribution in [1.29, 1.82) is 0 Å². The van der Waals surface area contributed by atoms with Gasteiger partial charge in [-0.2, -0.15) is 0 Å². The summed E-state index contributed by atoms with van der Waals surface area (Å²) in [6.07, 6.45) is 3.98. The maximum absolute atomic E-state index is 12.8. The lowest BCUT2D eigenvalue weighted by atomic mass is 9.89. The number of carboxylic acids is 1. The van der Waals surface area contributed by atoms with Crippen LogP contribution in [0.2, 0.25) is 0 Å². The molecule has 0 saturated carbocycles. The Labute approximate surface area is 262 Å². The summed E-state index contributed by atoms with van der Waals surface area (Å²) in [5.41, 5.74) is 4.31. The third kappa shape index (κ3) is 13.2. The lowest BCUT2D eigenvalue weighted by molar-refractivity contribution is -0.140. The van der Waals surface area contributed by atoms with Crippen molar-refractivity contribution >= 4 is 11.9 Å². The molecule has 0 aliphatic rings. The summed E-state index contributed by atoms with van der Waals surface area (Å²) in [4.78, 5) is 24.1. The highest BCUT2D eigenvalue weighted by Gasteiger charge is 2.26. The van der Waals surface area contributed by atoms with E-state index in [0.29, 0.717) is 25.1 Å². The molecule has 0 saturated heterocycles. The van der Waals surface area contributed by atoms with Gasteiger partial charge in [-0.05, 0) is 98.9 Å². The van der Waals surface area contributed by atoms with Crippen molar-refractivity contribution in [2.45, 2.75) is 96.7 Å². The Balaban J connectivity index is 0.000000569. The number of carbonyl (C=O) groups excluding carboxylic acids is 1. The van der Waals surface area contributed by atoms with Crippen molar-refractivity contribution in [3.05, 3.63) is 95.1 Å². The van der Waals surface area contributed by atoms with E-state index in [1.54, 1.807) is 25.1 Å². The number of aliphatic hydroxyl groups excluding tert-OH is 1. The molecule has 240 valence electrons. The highest BCUT2D eigenvalue weighted by Crippen LogP contribution is 2.25. The van der Waals surface area contributed by atoms with Gasteiger partial charge in [0.05, 0.1) is 24.6 Å². The summed E-state index contributed by atoms with van der Waals surface area (Å²) in [5, 5.41) is 44.4. The number of aromatic hydroxyl groups is 2. The van der Waals surface area contributed by atoms with Gasteiger partial charge < -0.3 is 31.1 Å². The lowest BCUT2D eigenvalue weighted by Crippen LogP contribution is -2.51. The molecule has 6 N–H and O–H groups in total. The standard InChI is InChI=1S/C27H38N2O5.C9H12O/c1-4-21(22-10-6-5-7-11-22)16-25(31)19(3)29-27(34)23(17-26(32)33)28-14-8-9-20-12-13-24(30)18(2)15-20;1-2-3-8-4-6-9(10)7-5-8/h5-7,10-13,15,19,21,23,25,28,30-31H,4,8-9,14,16-17H2,1-3H3,(H,29,34)(H,32,33);4-7,10H,2-3H2,1H3. The van der Waals surface area contributed by atoms with Gasteiger partial charge in [0, 0.05) is 0 Å². The summed E-state index contributed by atoms with van der Waals surface area (Å²) >= 11 is 0. The number of aliphatic carboxylic acids is 1. The second kappa shape index (κ2) is 19.4. The molecule has 4 unspecified atom stereocenters. The topological polar surface area (TPSA) is 139 Å². The Morgan fingerprint density at radius 3 is 2.14 bits per heavy atom. The molecule has 0 aliphatic carbocycles. The minimum absolute atomic E-state index is 0.173. The first-order chi connectivity index (χ1) is 21.0. The zero-order valence-electron chi connectivity index (χ0n) is 26.5. The zero-order chi connectivity index (χ0) is 32.5. The fourth-order valence-corrected chi connectivity index (χ4v) is 5.01. The van der Waals surface area contributed by atoms with E-state index in [1.807, 2.05) is 61.5 Å². The molecule has 0 bridgehead atoms. The number of carboxylic acid groups (broad SMARTS) is 1. The molecule has 3 aromatic carbocycles. The molecule has 3 aromatic rings. The van der Waals surface area contributed by atoms with Gasteiger partial charge in [0.15, 0.2) is 0 Å². The number of phenols is 2. The Hall–Kier alpha value is -3.88. The Kier molecular flexibility index (Phi) is 16.0. The van der Waals surface area contributed by atoms with E-state index in [9.17, 15) is 24.9 Å². The van der Waals surface area contributed by atoms with Crippen molar-refractivity contribution in [3.8, 4) is 11.5 Å². The summed E-state index contributed by atoms with van der Waals surface area (Å²) in [6, 6.07) is 21.4. The van der Waals surface area contributed by atoms with Gasteiger partial charge in [-0.15, -0.1) is 0 Å². The van der Waals surface area contributed by atoms with Gasteiger partial charge in [0.25, 0.3) is 0 Å². The lowest BCUT2D eigenvalue weighted by Gasteiger charge is -2.26. The van der Waals surface area contributed by atoms with Crippen LogP contribution in [0.1, 0.15) is 81.0 Å². The number of hydrogen-bond acceptors (Lipinski definition) is 6. The van der Waals surface area contributed by atoms with E-state index >= 15 is 0 Å². The average molecular weight is 607 g/mol. The van der Waals surface area contributed by atoms with Gasteiger partial charge in [-0.25, -0.2) is 0 Å². The van der Waals surface area contributed by atoms with Gasteiger partial charge in [0.2, 0.25) is 5.91 Å². The molecular weight excluding hydrogens is 556 g/mol. The summed E-state index contributed by atoms with van der Waals surface area (Å²) in [7, 11) is 0. The van der Waals surface area contributed by atoms with Crippen LogP contribution in [0, 0.1) is 6.92 Å². The second-order valence-corrected chi connectivity index (χ2v) is 11.4. The van der Waals surface area contributed by atoms with Crippen LogP contribution in [-0.4, -0.2) is 57.0 Å². The molecule has 8 heteroatoms. The number of phenolic OH excluding ortho intramolecular Hbond substituents is 2. The van der Waals surface area contributed by atoms with E-state index in [2.05, 4.69) is 24.5 Å². The number of benzene rings is 3. The van der Waals surface area contributed by atoms with Gasteiger partial charge in [-0.3, -0.25) is 9.59 Å². The van der Waals surface area contributed by atoms with Crippen molar-refractivity contribution in [3.63, 3.8) is 0 Å². The predicted molar refractivity (Wildman–Crippen MR) is 175 cm³/mol. The number of rotatable bonds is 16. The quantitative estimate of drug-likeness (QED) is 0.112. The fourth-order valence-electron chi connectivity index (χ4n) is 5.01. The van der Waals surface area contributed by atoms with Crippen LogP contribution >= 0.6 is 0 Å². The van der Waals surface area contributed by atoms with E-state index in [-0.39, 0.29) is 18.1 Å². The molecular formula is C36H50N2O6. The number of aliphatic hydroxyl groups is 1. The van der Waals surface area contributed by atoms with Crippen LogP contribution in [-0.2, 0) is 22.4 Å². The minimum Gasteiger partial charge on any atom is -0.508 e. The van der Waals surface area contributed by atoms with Crippen LogP contribution in [0.25, 0.3) is 0 Å². The van der Waals surface area contributed by atoms with Gasteiger partial charge in [-0.1, -0.05) is 74.9 Å². The zero-order valence-corrected chi connectivity index (χ0v) is 26.5. The van der Waals surface area contributed by atoms with Crippen molar-refractivity contribution < 1.29 is 30.0 Å². The smallest absolute Gasteiger partial charge is 0.305 e. The monoisotopic (exact) mass is 606 g/mol. The van der Waals surface area contributed by atoms with Crippen LogP contribution in [0.5, 0.6) is 11.5 Å². The second-order valence-electron chi connectivity index (χ2n) is 11.4. The minimum atomic E-state index is -1.06. The molecule has 3 rings (SSSR count). The SMILES string of the molecule is CCC(CC(O)C(C)NC(=O)C(CC(=O)O)NCCCc1ccc(O)c(C)c1)c1ccccc1.CCCc1ccc(O)cc1.